The Morgan fingerprint density at radius 3 is 2.82 bits per heavy atom. The Labute approximate surface area is 101 Å². The smallest absolute Gasteiger partial charge is 0.198 e. The number of rotatable bonds is 2. The van der Waals surface area contributed by atoms with Crippen molar-refractivity contribution in [2.45, 2.75) is 30.5 Å². The molecule has 0 aromatic heterocycles. The molecule has 1 saturated heterocycles. The van der Waals surface area contributed by atoms with Crippen LogP contribution in [0.5, 0.6) is 0 Å². The highest BCUT2D eigenvalue weighted by Gasteiger charge is 2.50. The van der Waals surface area contributed by atoms with Crippen LogP contribution in [0, 0.1) is 23.7 Å². The molecule has 4 atom stereocenters. The molecule has 1 fully saturated rings. The Bertz CT molecular complexity index is 434. The Morgan fingerprint density at radius 2 is 2.12 bits per heavy atom. The van der Waals surface area contributed by atoms with Crippen LogP contribution in [0.1, 0.15) is 6.42 Å². The van der Waals surface area contributed by atoms with Crippen molar-refractivity contribution in [2.24, 2.45) is 0 Å². The molecule has 90 valence electrons. The summed E-state index contributed by atoms with van der Waals surface area (Å²) < 4.78 is 16.2. The molecule has 0 amide bonds. The van der Waals surface area contributed by atoms with E-state index in [9.17, 15) is 5.11 Å². The molecule has 0 aromatic rings. The number of hydrogen-bond donors (Lipinski definition) is 1. The summed E-state index contributed by atoms with van der Waals surface area (Å²) >= 11 is 0. The first kappa shape index (κ1) is 12.2. The summed E-state index contributed by atoms with van der Waals surface area (Å²) in [5.41, 5.74) is -0.843. The van der Waals surface area contributed by atoms with Gasteiger partial charge in [0.25, 0.3) is 0 Å². The van der Waals surface area contributed by atoms with Gasteiger partial charge in [-0.3, -0.25) is 0 Å². The summed E-state index contributed by atoms with van der Waals surface area (Å²) in [6, 6.07) is 0. The van der Waals surface area contributed by atoms with Gasteiger partial charge in [-0.15, -0.1) is 0 Å². The largest absolute Gasteiger partial charge is 0.378 e. The van der Waals surface area contributed by atoms with Crippen LogP contribution < -0.4 is 0 Å². The van der Waals surface area contributed by atoms with E-state index < -0.39 is 24.1 Å². The van der Waals surface area contributed by atoms with E-state index in [4.69, 9.17) is 14.2 Å². The number of aliphatic hydroxyl groups excluding tert-OH is 1. The van der Waals surface area contributed by atoms with Gasteiger partial charge in [-0.1, -0.05) is 23.7 Å². The molecule has 0 saturated carbocycles. The molecular weight excluding hydrogens is 220 g/mol. The minimum absolute atomic E-state index is 0.429. The first-order valence-corrected chi connectivity index (χ1v) is 5.32. The molecule has 0 radical (unpaired) electrons. The third-order valence-electron chi connectivity index (χ3n) is 2.88. The van der Waals surface area contributed by atoms with E-state index in [0.29, 0.717) is 6.42 Å². The summed E-state index contributed by atoms with van der Waals surface area (Å²) in [6.07, 6.45) is 1.70. The van der Waals surface area contributed by atoms with E-state index in [1.807, 2.05) is 0 Å². The van der Waals surface area contributed by atoms with Crippen molar-refractivity contribution >= 4 is 0 Å². The topological polar surface area (TPSA) is 47.9 Å². The zero-order valence-corrected chi connectivity index (χ0v) is 9.77. The fraction of sp³-hybridized carbons (Fsp3) is 0.538. The van der Waals surface area contributed by atoms with Gasteiger partial charge in [0.05, 0.1) is 0 Å². The molecule has 1 aliphatic carbocycles. The number of ether oxygens (including phenoxy) is 3. The summed E-state index contributed by atoms with van der Waals surface area (Å²) in [5.74, 6) is 11.2. The highest BCUT2D eigenvalue weighted by atomic mass is 16.7. The van der Waals surface area contributed by atoms with Crippen LogP contribution >= 0.6 is 0 Å². The first-order valence-electron chi connectivity index (χ1n) is 5.32. The van der Waals surface area contributed by atoms with Crippen LogP contribution in [0.15, 0.2) is 12.2 Å². The third-order valence-corrected chi connectivity index (χ3v) is 2.88. The molecule has 1 aliphatic heterocycles. The van der Waals surface area contributed by atoms with Crippen LogP contribution in [0.3, 0.4) is 0 Å². The minimum Gasteiger partial charge on any atom is -0.378 e. The maximum Gasteiger partial charge on any atom is 0.198 e. The number of aliphatic hydroxyl groups is 1. The van der Waals surface area contributed by atoms with E-state index in [2.05, 4.69) is 23.7 Å². The monoisotopic (exact) mass is 234 g/mol. The lowest BCUT2D eigenvalue weighted by Gasteiger charge is -2.25. The number of fused-ring (bicyclic) bond motifs is 2. The van der Waals surface area contributed by atoms with Crippen molar-refractivity contribution in [2.75, 3.05) is 14.2 Å². The zero-order chi connectivity index (χ0) is 12.3. The van der Waals surface area contributed by atoms with Crippen molar-refractivity contribution < 1.29 is 19.3 Å². The Hall–Kier alpha value is -1.30. The molecule has 0 spiro atoms. The van der Waals surface area contributed by atoms with E-state index in [0.717, 1.165) is 0 Å². The normalized spacial score (nSPS) is 40.8. The zero-order valence-electron chi connectivity index (χ0n) is 9.77. The van der Waals surface area contributed by atoms with Crippen LogP contribution in [-0.4, -0.2) is 43.4 Å². The van der Waals surface area contributed by atoms with E-state index in [1.165, 1.54) is 7.11 Å². The fourth-order valence-corrected chi connectivity index (χ4v) is 1.96. The van der Waals surface area contributed by atoms with Crippen molar-refractivity contribution in [3.05, 3.63) is 12.2 Å². The van der Waals surface area contributed by atoms with Gasteiger partial charge in [-0.2, -0.15) is 0 Å². The molecule has 1 N–H and O–H groups in total. The molecule has 2 aliphatic rings. The van der Waals surface area contributed by atoms with Gasteiger partial charge >= 0.3 is 0 Å². The average Bonchev–Trinajstić information content (AvgIpc) is 2.72. The lowest BCUT2D eigenvalue weighted by atomic mass is 9.96. The predicted molar refractivity (Wildman–Crippen MR) is 60.7 cm³/mol. The molecule has 17 heavy (non-hydrogen) atoms. The quantitative estimate of drug-likeness (QED) is 0.687. The van der Waals surface area contributed by atoms with Crippen molar-refractivity contribution in [3.63, 3.8) is 0 Å². The second-order valence-corrected chi connectivity index (χ2v) is 3.88. The summed E-state index contributed by atoms with van der Waals surface area (Å²) in [7, 11) is 3.08. The Balaban J connectivity index is 2.39. The van der Waals surface area contributed by atoms with Crippen molar-refractivity contribution in [1.82, 2.24) is 0 Å². The van der Waals surface area contributed by atoms with E-state index in [1.54, 1.807) is 19.3 Å². The molecule has 0 aromatic carbocycles. The molecule has 4 nitrogen and oxygen atoms in total. The van der Waals surface area contributed by atoms with Gasteiger partial charge in [0.15, 0.2) is 11.9 Å². The number of hydrogen-bond acceptors (Lipinski definition) is 4. The second kappa shape index (κ2) is 4.91. The van der Waals surface area contributed by atoms with E-state index >= 15 is 0 Å². The highest BCUT2D eigenvalue weighted by molar-refractivity contribution is 5.32. The van der Waals surface area contributed by atoms with Gasteiger partial charge in [-0.05, 0) is 12.2 Å². The maximum atomic E-state index is 9.85. The summed E-state index contributed by atoms with van der Waals surface area (Å²) in [5, 5.41) is 9.85. The number of allylic oxidation sites excluding steroid dienone is 2. The van der Waals surface area contributed by atoms with Crippen LogP contribution in [0.2, 0.25) is 0 Å². The van der Waals surface area contributed by atoms with Gasteiger partial charge in [-0.25, -0.2) is 0 Å². The standard InChI is InChI=1S/C13H14O4/c1-15-12-13(16-2)8-6-4-3-5-7-10(14)11(9-13)17-12/h3-4,10-12,14H,9H2,1-2H3/b4-3-/t10?,11-,12-,13+/m0/s1. The Morgan fingerprint density at radius 1 is 1.35 bits per heavy atom. The molecule has 2 rings (SSSR count). The first-order chi connectivity index (χ1) is 8.22. The van der Waals surface area contributed by atoms with Gasteiger partial charge < -0.3 is 19.3 Å². The molecule has 2 bridgehead atoms. The maximum absolute atomic E-state index is 9.85. The molecule has 1 unspecified atom stereocenters. The summed E-state index contributed by atoms with van der Waals surface area (Å²) in [6.45, 7) is 0. The van der Waals surface area contributed by atoms with E-state index in [-0.39, 0.29) is 0 Å². The average molecular weight is 234 g/mol. The second-order valence-electron chi connectivity index (χ2n) is 3.88. The molecule has 4 heteroatoms. The van der Waals surface area contributed by atoms with Crippen molar-refractivity contribution in [1.29, 1.82) is 0 Å². The minimum atomic E-state index is -0.866. The van der Waals surface area contributed by atoms with Crippen LogP contribution in [0.4, 0.5) is 0 Å². The van der Waals surface area contributed by atoms with Gasteiger partial charge in [0.2, 0.25) is 0 Å². The third kappa shape index (κ3) is 2.22. The lowest BCUT2D eigenvalue weighted by molar-refractivity contribution is -0.182. The number of methoxy groups -OCH3 is 2. The predicted octanol–water partition coefficient (Wildman–Crippen LogP) is 0.0705. The van der Waals surface area contributed by atoms with Crippen LogP contribution in [-0.2, 0) is 14.2 Å². The lowest BCUT2D eigenvalue weighted by Crippen LogP contribution is -2.40. The summed E-state index contributed by atoms with van der Waals surface area (Å²) in [4.78, 5) is 0. The van der Waals surface area contributed by atoms with Gasteiger partial charge in [0, 0.05) is 20.6 Å². The Kier molecular flexibility index (Phi) is 3.51. The van der Waals surface area contributed by atoms with Crippen molar-refractivity contribution in [3.8, 4) is 23.7 Å². The molecular formula is C13H14O4. The van der Waals surface area contributed by atoms with Crippen LogP contribution in [0.25, 0.3) is 0 Å². The van der Waals surface area contributed by atoms with Gasteiger partial charge in [0.1, 0.15) is 12.2 Å². The SMILES string of the molecule is CO[C@H]1O[C@H]2C[C@]1(OC)C#C/C=C\C#CC2O. The highest BCUT2D eigenvalue weighted by Crippen LogP contribution is 2.35. The fourth-order valence-electron chi connectivity index (χ4n) is 1.96. The molecule has 1 heterocycles.